The molecule has 2 aromatic rings. The summed E-state index contributed by atoms with van der Waals surface area (Å²) in [6, 6.07) is 9.05. The third-order valence-corrected chi connectivity index (χ3v) is 5.02. The van der Waals surface area contributed by atoms with Gasteiger partial charge in [-0.3, -0.25) is 4.90 Å². The van der Waals surface area contributed by atoms with E-state index in [0.29, 0.717) is 12.5 Å². The number of rotatable bonds is 6. The van der Waals surface area contributed by atoms with E-state index < -0.39 is 0 Å². The van der Waals surface area contributed by atoms with Crippen LogP contribution in [0.2, 0.25) is 0 Å². The summed E-state index contributed by atoms with van der Waals surface area (Å²) in [6.45, 7) is 7.47. The van der Waals surface area contributed by atoms with E-state index >= 15 is 0 Å². The van der Waals surface area contributed by atoms with Crippen LogP contribution >= 0.6 is 0 Å². The first-order valence-corrected chi connectivity index (χ1v) is 9.45. The fourth-order valence-electron chi connectivity index (χ4n) is 3.54. The fourth-order valence-corrected chi connectivity index (χ4v) is 3.54. The van der Waals surface area contributed by atoms with E-state index in [4.69, 9.17) is 4.74 Å². The summed E-state index contributed by atoms with van der Waals surface area (Å²) in [5.74, 6) is 1.30. The van der Waals surface area contributed by atoms with Gasteiger partial charge in [-0.2, -0.15) is 4.98 Å². The number of hydrogen-bond acceptors (Lipinski definition) is 4. The molecule has 4 nitrogen and oxygen atoms in total. The Kier molecular flexibility index (Phi) is 5.21. The van der Waals surface area contributed by atoms with Gasteiger partial charge in [-0.05, 0) is 67.3 Å². The Morgan fingerprint density at radius 1 is 1.15 bits per heavy atom. The molecule has 27 heavy (non-hydrogen) atoms. The van der Waals surface area contributed by atoms with E-state index in [0.717, 1.165) is 61.5 Å². The van der Waals surface area contributed by atoms with E-state index in [1.807, 2.05) is 30.4 Å². The number of pyridine rings is 1. The second kappa shape index (κ2) is 7.92. The summed E-state index contributed by atoms with van der Waals surface area (Å²) >= 11 is 0. The van der Waals surface area contributed by atoms with E-state index in [9.17, 15) is 4.39 Å². The number of nitrogens with one attached hydrogen (secondary N) is 1. The standard InChI is InChI=1S/C22H24FN3O/c1-16-4-5-17-7-9-21(25-22(17)24-16)27-13-3-2-11-26-12-10-18-14-20(23)8-6-19(18)15-26/h4-9,14H,1-3,10-13,15H2,(H,24,25). The molecule has 0 radical (unpaired) electrons. The predicted molar refractivity (Wildman–Crippen MR) is 106 cm³/mol. The Bertz CT molecular complexity index is 878. The first-order valence-electron chi connectivity index (χ1n) is 9.45. The summed E-state index contributed by atoms with van der Waals surface area (Å²) in [7, 11) is 0. The van der Waals surface area contributed by atoms with Crippen molar-refractivity contribution in [2.24, 2.45) is 0 Å². The Labute approximate surface area is 159 Å². The van der Waals surface area contributed by atoms with Crippen LogP contribution in [0.15, 0.2) is 48.7 Å². The quantitative estimate of drug-likeness (QED) is 0.771. The Morgan fingerprint density at radius 3 is 3.00 bits per heavy atom. The van der Waals surface area contributed by atoms with Crippen LogP contribution in [-0.2, 0) is 13.0 Å². The van der Waals surface area contributed by atoms with E-state index in [1.54, 1.807) is 12.1 Å². The molecule has 5 heteroatoms. The summed E-state index contributed by atoms with van der Waals surface area (Å²) in [5, 5.41) is 3.15. The highest BCUT2D eigenvalue weighted by molar-refractivity contribution is 5.71. The number of benzene rings is 1. The van der Waals surface area contributed by atoms with Gasteiger partial charge in [0.25, 0.3) is 0 Å². The number of halogens is 1. The van der Waals surface area contributed by atoms with Crippen LogP contribution in [0.4, 0.5) is 10.2 Å². The first-order chi connectivity index (χ1) is 13.2. The SMILES string of the molecule is C=C1C=Cc2ccc(OCCCCN3CCc4cc(F)ccc4C3)nc2N1. The zero-order chi connectivity index (χ0) is 18.6. The molecule has 0 unspecified atom stereocenters. The van der Waals surface area contributed by atoms with E-state index in [2.05, 4.69) is 21.8 Å². The van der Waals surface area contributed by atoms with Gasteiger partial charge in [-0.25, -0.2) is 4.39 Å². The molecule has 1 aromatic carbocycles. The maximum absolute atomic E-state index is 13.3. The average Bonchev–Trinajstić information content (AvgIpc) is 2.67. The summed E-state index contributed by atoms with van der Waals surface area (Å²) in [6.07, 6.45) is 6.90. The molecule has 1 aromatic heterocycles. The summed E-state index contributed by atoms with van der Waals surface area (Å²) in [4.78, 5) is 6.93. The summed E-state index contributed by atoms with van der Waals surface area (Å²) < 4.78 is 19.1. The first kappa shape index (κ1) is 17.7. The molecular weight excluding hydrogens is 341 g/mol. The van der Waals surface area contributed by atoms with Crippen LogP contribution < -0.4 is 10.1 Å². The number of anilines is 1. The Balaban J connectivity index is 1.20. The molecule has 3 heterocycles. The average molecular weight is 365 g/mol. The van der Waals surface area contributed by atoms with Crippen LogP contribution in [0.5, 0.6) is 5.88 Å². The van der Waals surface area contributed by atoms with Crippen LogP contribution in [0.3, 0.4) is 0 Å². The fraction of sp³-hybridized carbons (Fsp3) is 0.318. The van der Waals surface area contributed by atoms with Gasteiger partial charge in [0.05, 0.1) is 6.61 Å². The van der Waals surface area contributed by atoms with E-state index in [1.165, 1.54) is 5.56 Å². The molecule has 140 valence electrons. The zero-order valence-corrected chi connectivity index (χ0v) is 15.4. The second-order valence-electron chi connectivity index (χ2n) is 7.07. The van der Waals surface area contributed by atoms with Crippen molar-refractivity contribution in [3.8, 4) is 5.88 Å². The number of ether oxygens (including phenoxy) is 1. The van der Waals surface area contributed by atoms with Gasteiger partial charge >= 0.3 is 0 Å². The number of unbranched alkanes of at least 4 members (excludes halogenated alkanes) is 1. The molecule has 0 fully saturated rings. The molecule has 0 bridgehead atoms. The van der Waals surface area contributed by atoms with Crippen molar-refractivity contribution < 1.29 is 9.13 Å². The van der Waals surface area contributed by atoms with Crippen LogP contribution in [0, 0.1) is 5.82 Å². The molecule has 0 atom stereocenters. The largest absolute Gasteiger partial charge is 0.478 e. The molecule has 0 spiro atoms. The number of aromatic nitrogens is 1. The normalized spacial score (nSPS) is 15.8. The molecule has 0 saturated heterocycles. The highest BCUT2D eigenvalue weighted by Crippen LogP contribution is 2.25. The minimum Gasteiger partial charge on any atom is -0.478 e. The molecular formula is C22H24FN3O. The van der Waals surface area contributed by atoms with Crippen molar-refractivity contribution in [2.45, 2.75) is 25.8 Å². The van der Waals surface area contributed by atoms with Crippen LogP contribution in [0.25, 0.3) is 6.08 Å². The van der Waals surface area contributed by atoms with Gasteiger partial charge in [0.1, 0.15) is 11.6 Å². The van der Waals surface area contributed by atoms with Gasteiger partial charge in [-0.1, -0.05) is 12.6 Å². The van der Waals surface area contributed by atoms with Gasteiger partial charge < -0.3 is 10.1 Å². The Morgan fingerprint density at radius 2 is 2.07 bits per heavy atom. The second-order valence-corrected chi connectivity index (χ2v) is 7.07. The molecule has 1 N–H and O–H groups in total. The number of nitrogens with zero attached hydrogens (tertiary/aromatic N) is 2. The third kappa shape index (κ3) is 4.37. The predicted octanol–water partition coefficient (Wildman–Crippen LogP) is 4.39. The monoisotopic (exact) mass is 365 g/mol. The highest BCUT2D eigenvalue weighted by atomic mass is 19.1. The lowest BCUT2D eigenvalue weighted by Gasteiger charge is -2.28. The minimum absolute atomic E-state index is 0.134. The van der Waals surface area contributed by atoms with Gasteiger partial charge in [0.2, 0.25) is 5.88 Å². The molecule has 0 saturated carbocycles. The lowest BCUT2D eigenvalue weighted by molar-refractivity contribution is 0.233. The van der Waals surface area contributed by atoms with Gasteiger partial charge in [0, 0.05) is 30.4 Å². The number of hydrogen-bond donors (Lipinski definition) is 1. The maximum Gasteiger partial charge on any atom is 0.215 e. The minimum atomic E-state index is -0.134. The van der Waals surface area contributed by atoms with Gasteiger partial charge in [-0.15, -0.1) is 0 Å². The van der Waals surface area contributed by atoms with Crippen molar-refractivity contribution in [2.75, 3.05) is 25.0 Å². The number of fused-ring (bicyclic) bond motifs is 2. The van der Waals surface area contributed by atoms with Crippen LogP contribution in [-0.4, -0.2) is 29.6 Å². The molecule has 0 amide bonds. The molecule has 2 aliphatic heterocycles. The van der Waals surface area contributed by atoms with Crippen LogP contribution in [0.1, 0.15) is 29.5 Å². The Hall–Kier alpha value is -2.66. The van der Waals surface area contributed by atoms with Crippen molar-refractivity contribution in [3.63, 3.8) is 0 Å². The highest BCUT2D eigenvalue weighted by Gasteiger charge is 2.16. The lowest BCUT2D eigenvalue weighted by atomic mass is 9.99. The van der Waals surface area contributed by atoms with Crippen molar-refractivity contribution in [1.82, 2.24) is 9.88 Å². The van der Waals surface area contributed by atoms with Crippen molar-refractivity contribution in [3.05, 3.63) is 71.2 Å². The summed E-state index contributed by atoms with van der Waals surface area (Å²) in [5.41, 5.74) is 4.28. The third-order valence-electron chi connectivity index (χ3n) is 5.02. The maximum atomic E-state index is 13.3. The zero-order valence-electron chi connectivity index (χ0n) is 15.4. The van der Waals surface area contributed by atoms with Crippen molar-refractivity contribution >= 4 is 11.9 Å². The molecule has 4 rings (SSSR count). The van der Waals surface area contributed by atoms with Gasteiger partial charge in [0.15, 0.2) is 0 Å². The molecule has 0 aliphatic carbocycles. The smallest absolute Gasteiger partial charge is 0.215 e. The van der Waals surface area contributed by atoms with Crippen molar-refractivity contribution in [1.29, 1.82) is 0 Å². The van der Waals surface area contributed by atoms with E-state index in [-0.39, 0.29) is 5.82 Å². The number of allylic oxidation sites excluding steroid dienone is 1. The molecule has 2 aliphatic rings. The topological polar surface area (TPSA) is 37.4 Å². The lowest BCUT2D eigenvalue weighted by Crippen LogP contribution is -2.31.